The average Bonchev–Trinajstić information content (AvgIpc) is 3.50. The number of methoxy groups -OCH3 is 1. The summed E-state index contributed by atoms with van der Waals surface area (Å²) in [6.45, 7) is 7.79. The second kappa shape index (κ2) is 11.2. The van der Waals surface area contributed by atoms with Gasteiger partial charge in [0.05, 0.1) is 18.7 Å². The molecule has 2 aliphatic rings. The Morgan fingerprint density at radius 1 is 1.07 bits per heavy atom. The molecule has 0 aliphatic carbocycles. The number of aliphatic hydroxyl groups excluding tert-OH is 1. The van der Waals surface area contributed by atoms with Crippen molar-refractivity contribution >= 4 is 24.7 Å². The molecule has 0 saturated carbocycles. The number of aliphatic hydroxyl groups is 1. The predicted octanol–water partition coefficient (Wildman–Crippen LogP) is 2.64. The van der Waals surface area contributed by atoms with Gasteiger partial charge in [0, 0.05) is 55.6 Å². The quantitative estimate of drug-likeness (QED) is 0.230. The Morgan fingerprint density at radius 3 is 2.55 bits per heavy atom. The molecule has 0 amide bonds. The van der Waals surface area contributed by atoms with Crippen molar-refractivity contribution in [1.29, 1.82) is 0 Å². The third-order valence-corrected chi connectivity index (χ3v) is 7.52. The molecule has 40 heavy (non-hydrogen) atoms. The minimum absolute atomic E-state index is 0.206. The van der Waals surface area contributed by atoms with Gasteiger partial charge in [-0.2, -0.15) is 5.10 Å². The monoisotopic (exact) mass is 568 g/mol. The first-order chi connectivity index (χ1) is 19.0. The predicted molar refractivity (Wildman–Crippen MR) is 151 cm³/mol. The summed E-state index contributed by atoms with van der Waals surface area (Å²) >= 11 is 0. The van der Waals surface area contributed by atoms with Crippen LogP contribution in [0.25, 0.3) is 33.5 Å². The SMILES string of the molecule is COc1cc2[nH]nc(-c3ccc(N4CCN5C[C@H](O)C[C@H]5C4)nc3)c2nc1-c1cccc(C)c1C.O=P(O)(O)O. The van der Waals surface area contributed by atoms with Gasteiger partial charge in [-0.25, -0.2) is 14.5 Å². The molecule has 5 heterocycles. The molecule has 2 fully saturated rings. The van der Waals surface area contributed by atoms with Crippen molar-refractivity contribution in [1.82, 2.24) is 25.1 Å². The number of rotatable bonds is 4. The number of hydrogen-bond donors (Lipinski definition) is 5. The van der Waals surface area contributed by atoms with Crippen LogP contribution in [0.5, 0.6) is 5.75 Å². The van der Waals surface area contributed by atoms with Crippen molar-refractivity contribution in [3.63, 3.8) is 0 Å². The molecular formula is C27H33N6O6P. The zero-order valence-corrected chi connectivity index (χ0v) is 23.4. The molecule has 3 aromatic heterocycles. The van der Waals surface area contributed by atoms with Crippen LogP contribution in [0.3, 0.4) is 0 Å². The number of hydrogen-bond acceptors (Lipinski definition) is 8. The lowest BCUT2D eigenvalue weighted by Crippen LogP contribution is -2.50. The van der Waals surface area contributed by atoms with Crippen LogP contribution in [-0.4, -0.2) is 90.3 Å². The Bertz CT molecular complexity index is 1550. The summed E-state index contributed by atoms with van der Waals surface area (Å²) < 4.78 is 14.6. The van der Waals surface area contributed by atoms with Crippen molar-refractivity contribution < 1.29 is 29.1 Å². The standard InChI is InChI=1S/C27H30N6O2.H3O4P/c1-16-5-4-6-21(17(16)2)26-23(35-3)12-22-27(29-26)25(31-30-22)18-7-8-24(28-13-18)33-10-9-32-15-20(34)11-19(32)14-33;1-5(2,3)4/h4-8,12-13,19-20,34H,9-11,14-15H2,1-3H3,(H,30,31);(H3,1,2,3,4)/t19-,20+;/m0./s1. The highest BCUT2D eigenvalue weighted by Crippen LogP contribution is 2.36. The summed E-state index contributed by atoms with van der Waals surface area (Å²) in [5, 5.41) is 17.7. The fraction of sp³-hybridized carbons (Fsp3) is 0.370. The molecule has 1 aromatic carbocycles. The van der Waals surface area contributed by atoms with Gasteiger partial charge in [-0.15, -0.1) is 0 Å². The van der Waals surface area contributed by atoms with Gasteiger partial charge in [0.25, 0.3) is 0 Å². The van der Waals surface area contributed by atoms with E-state index >= 15 is 0 Å². The lowest BCUT2D eigenvalue weighted by molar-refractivity contribution is 0.173. The number of anilines is 1. The van der Waals surface area contributed by atoms with Crippen molar-refractivity contribution in [2.75, 3.05) is 38.2 Å². The van der Waals surface area contributed by atoms with E-state index in [2.05, 4.69) is 58.1 Å². The molecule has 212 valence electrons. The lowest BCUT2D eigenvalue weighted by Gasteiger charge is -2.37. The summed E-state index contributed by atoms with van der Waals surface area (Å²) in [4.78, 5) is 36.1. The largest absolute Gasteiger partial charge is 0.494 e. The van der Waals surface area contributed by atoms with Gasteiger partial charge in [0.1, 0.15) is 28.5 Å². The molecule has 13 heteroatoms. The number of pyridine rings is 2. The molecule has 2 aliphatic heterocycles. The molecule has 0 unspecified atom stereocenters. The summed E-state index contributed by atoms with van der Waals surface area (Å²) in [7, 11) is -2.97. The highest BCUT2D eigenvalue weighted by atomic mass is 31.2. The van der Waals surface area contributed by atoms with Gasteiger partial charge >= 0.3 is 7.82 Å². The molecule has 6 rings (SSSR count). The van der Waals surface area contributed by atoms with E-state index < -0.39 is 7.82 Å². The number of nitrogens with zero attached hydrogens (tertiary/aromatic N) is 5. The smallest absolute Gasteiger partial charge is 0.466 e. The molecular weight excluding hydrogens is 535 g/mol. The second-order valence-electron chi connectivity index (χ2n) is 10.2. The Labute approximate surface area is 231 Å². The van der Waals surface area contributed by atoms with Gasteiger partial charge in [-0.05, 0) is 43.5 Å². The second-order valence-corrected chi connectivity index (χ2v) is 11.2. The first-order valence-electron chi connectivity index (χ1n) is 12.9. The van der Waals surface area contributed by atoms with Crippen molar-refractivity contribution in [2.24, 2.45) is 0 Å². The number of nitrogens with one attached hydrogen (secondary N) is 1. The Balaban J connectivity index is 0.000000595. The number of aromatic amines is 1. The van der Waals surface area contributed by atoms with Crippen LogP contribution in [-0.2, 0) is 4.57 Å². The number of ether oxygens (including phenoxy) is 1. The highest BCUT2D eigenvalue weighted by Gasteiger charge is 2.35. The molecule has 4 aromatic rings. The Morgan fingerprint density at radius 2 is 1.85 bits per heavy atom. The van der Waals surface area contributed by atoms with Crippen molar-refractivity contribution in [3.05, 3.63) is 53.7 Å². The maximum absolute atomic E-state index is 10.00. The lowest BCUT2D eigenvalue weighted by atomic mass is 9.99. The van der Waals surface area contributed by atoms with Crippen molar-refractivity contribution in [2.45, 2.75) is 32.4 Å². The fourth-order valence-electron chi connectivity index (χ4n) is 5.42. The summed E-state index contributed by atoms with van der Waals surface area (Å²) in [6, 6.07) is 12.7. The number of fused-ring (bicyclic) bond motifs is 2. The number of aryl methyl sites for hydroxylation is 1. The van der Waals surface area contributed by atoms with E-state index in [-0.39, 0.29) is 6.10 Å². The van der Waals surface area contributed by atoms with Gasteiger partial charge in [-0.3, -0.25) is 10.00 Å². The zero-order chi connectivity index (χ0) is 28.6. The van der Waals surface area contributed by atoms with Crippen LogP contribution in [0.4, 0.5) is 5.82 Å². The third-order valence-electron chi connectivity index (χ3n) is 7.52. The zero-order valence-electron chi connectivity index (χ0n) is 22.5. The summed E-state index contributed by atoms with van der Waals surface area (Å²) in [6.07, 6.45) is 2.51. The molecule has 2 saturated heterocycles. The maximum Gasteiger partial charge on any atom is 0.466 e. The molecule has 0 radical (unpaired) electrons. The first-order valence-corrected chi connectivity index (χ1v) is 14.5. The van der Waals surface area contributed by atoms with E-state index in [9.17, 15) is 5.11 Å². The topological polar surface area (TPSA) is 168 Å². The number of H-pyrrole nitrogens is 1. The Hall–Kier alpha value is -3.38. The highest BCUT2D eigenvalue weighted by molar-refractivity contribution is 7.45. The molecule has 12 nitrogen and oxygen atoms in total. The van der Waals surface area contributed by atoms with Crippen LogP contribution in [0.2, 0.25) is 0 Å². The minimum Gasteiger partial charge on any atom is -0.494 e. The summed E-state index contributed by atoms with van der Waals surface area (Å²) in [5.74, 6) is 1.67. The Kier molecular flexibility index (Phi) is 7.92. The van der Waals surface area contributed by atoms with Crippen LogP contribution in [0, 0.1) is 13.8 Å². The van der Waals surface area contributed by atoms with Crippen LogP contribution >= 0.6 is 7.82 Å². The van der Waals surface area contributed by atoms with Crippen LogP contribution in [0.15, 0.2) is 42.6 Å². The fourth-order valence-corrected chi connectivity index (χ4v) is 5.42. The number of phosphoric acid groups is 1. The minimum atomic E-state index is -4.64. The van der Waals surface area contributed by atoms with E-state index in [1.165, 1.54) is 11.1 Å². The normalized spacial score (nSPS) is 19.3. The van der Waals surface area contributed by atoms with E-state index in [0.717, 1.165) is 72.0 Å². The van der Waals surface area contributed by atoms with Crippen LogP contribution in [0.1, 0.15) is 17.5 Å². The van der Waals surface area contributed by atoms with Gasteiger partial charge in [-0.1, -0.05) is 18.2 Å². The van der Waals surface area contributed by atoms with Gasteiger partial charge in [0.15, 0.2) is 0 Å². The molecule has 0 bridgehead atoms. The average molecular weight is 569 g/mol. The third kappa shape index (κ3) is 6.02. The van der Waals surface area contributed by atoms with E-state index in [0.29, 0.717) is 11.8 Å². The number of aromatic nitrogens is 4. The number of piperazine rings is 1. The molecule has 5 N–H and O–H groups in total. The van der Waals surface area contributed by atoms with Gasteiger partial charge in [0.2, 0.25) is 0 Å². The molecule has 0 spiro atoms. The van der Waals surface area contributed by atoms with E-state index in [1.807, 2.05) is 18.3 Å². The molecule has 2 atom stereocenters. The van der Waals surface area contributed by atoms with Gasteiger partial charge < -0.3 is 29.4 Å². The maximum atomic E-state index is 10.00. The van der Waals surface area contributed by atoms with E-state index in [1.54, 1.807) is 7.11 Å². The van der Waals surface area contributed by atoms with Crippen molar-refractivity contribution in [3.8, 4) is 28.3 Å². The van der Waals surface area contributed by atoms with E-state index in [4.69, 9.17) is 34.0 Å². The summed E-state index contributed by atoms with van der Waals surface area (Å²) in [5.41, 5.74) is 7.58. The number of benzene rings is 1. The van der Waals surface area contributed by atoms with Crippen LogP contribution < -0.4 is 9.64 Å². The first kappa shape index (κ1) is 28.2.